The summed E-state index contributed by atoms with van der Waals surface area (Å²) < 4.78 is 9.54. The van der Waals surface area contributed by atoms with Gasteiger partial charge in [-0.1, -0.05) is 11.2 Å². The number of benzene rings is 1. The van der Waals surface area contributed by atoms with Crippen molar-refractivity contribution < 1.29 is 18.8 Å². The van der Waals surface area contributed by atoms with Crippen LogP contribution in [0.1, 0.15) is 21.7 Å². The van der Waals surface area contributed by atoms with E-state index in [9.17, 15) is 9.59 Å². The molecular weight excluding hydrogens is 286 g/mol. The van der Waals surface area contributed by atoms with E-state index in [1.54, 1.807) is 31.2 Å². The zero-order chi connectivity index (χ0) is 16.1. The van der Waals surface area contributed by atoms with E-state index in [-0.39, 0.29) is 12.5 Å². The van der Waals surface area contributed by atoms with Crippen LogP contribution in [-0.4, -0.2) is 30.7 Å². The van der Waals surface area contributed by atoms with Crippen LogP contribution in [-0.2, 0) is 9.53 Å². The van der Waals surface area contributed by atoms with Gasteiger partial charge in [-0.25, -0.2) is 4.79 Å². The average Bonchev–Trinajstić information content (AvgIpc) is 2.90. The highest BCUT2D eigenvalue weighted by atomic mass is 16.5. The number of carbonyl (C=O) groups is 2. The van der Waals surface area contributed by atoms with Gasteiger partial charge in [-0.05, 0) is 31.5 Å². The number of ether oxygens (including phenoxy) is 1. The molecule has 7 heteroatoms. The number of amides is 1. The number of nitrogens with zero attached hydrogens (tertiary/aromatic N) is 1. The Hall–Kier alpha value is -2.83. The van der Waals surface area contributed by atoms with E-state index < -0.39 is 5.97 Å². The predicted octanol–water partition coefficient (Wildman–Crippen LogP) is 2.13. The molecule has 0 radical (unpaired) electrons. The molecule has 0 saturated heterocycles. The largest absolute Gasteiger partial charge is 0.465 e. The minimum Gasteiger partial charge on any atom is -0.465 e. The van der Waals surface area contributed by atoms with E-state index in [0.717, 1.165) is 5.56 Å². The number of hydrogen-bond acceptors (Lipinski definition) is 6. The summed E-state index contributed by atoms with van der Waals surface area (Å²) in [4.78, 5) is 23.3. The van der Waals surface area contributed by atoms with E-state index in [0.29, 0.717) is 22.8 Å². The van der Waals surface area contributed by atoms with Crippen molar-refractivity contribution in [1.82, 2.24) is 5.16 Å². The molecule has 0 fully saturated rings. The number of methoxy groups -OCH3 is 1. The van der Waals surface area contributed by atoms with Gasteiger partial charge in [0.15, 0.2) is 5.82 Å². The Morgan fingerprint density at radius 2 is 2.05 bits per heavy atom. The van der Waals surface area contributed by atoms with Crippen LogP contribution in [0.5, 0.6) is 0 Å². The van der Waals surface area contributed by atoms with Gasteiger partial charge >= 0.3 is 5.97 Å². The second kappa shape index (κ2) is 6.75. The van der Waals surface area contributed by atoms with Gasteiger partial charge in [0.05, 0.1) is 19.2 Å². The Bertz CT molecular complexity index is 694. The maximum absolute atomic E-state index is 11.8. The van der Waals surface area contributed by atoms with Gasteiger partial charge in [0.1, 0.15) is 5.76 Å². The van der Waals surface area contributed by atoms with Gasteiger partial charge in [-0.15, -0.1) is 0 Å². The van der Waals surface area contributed by atoms with Gasteiger partial charge < -0.3 is 19.9 Å². The molecule has 0 aliphatic heterocycles. The Kier molecular flexibility index (Phi) is 4.77. The molecule has 0 saturated carbocycles. The molecule has 0 aliphatic carbocycles. The van der Waals surface area contributed by atoms with Crippen molar-refractivity contribution in [2.75, 3.05) is 24.3 Å². The summed E-state index contributed by atoms with van der Waals surface area (Å²) in [6.07, 6.45) is 0. The molecule has 2 rings (SSSR count). The fourth-order valence-corrected chi connectivity index (χ4v) is 1.85. The summed E-state index contributed by atoms with van der Waals surface area (Å²) >= 11 is 0. The van der Waals surface area contributed by atoms with Crippen molar-refractivity contribution in [3.8, 4) is 0 Å². The summed E-state index contributed by atoms with van der Waals surface area (Å²) in [6.45, 7) is 3.65. The van der Waals surface area contributed by atoms with E-state index in [4.69, 9.17) is 4.52 Å². The Balaban J connectivity index is 1.98. The third-order valence-electron chi connectivity index (χ3n) is 2.99. The van der Waals surface area contributed by atoms with E-state index in [1.165, 1.54) is 7.11 Å². The molecule has 2 N–H and O–H groups in total. The number of aromatic nitrogens is 1. The monoisotopic (exact) mass is 303 g/mol. The molecule has 1 heterocycles. The van der Waals surface area contributed by atoms with Crippen molar-refractivity contribution in [2.45, 2.75) is 13.8 Å². The van der Waals surface area contributed by atoms with Gasteiger partial charge in [-0.2, -0.15) is 0 Å². The Labute approximate surface area is 127 Å². The summed E-state index contributed by atoms with van der Waals surface area (Å²) in [6, 6.07) is 6.73. The highest BCUT2D eigenvalue weighted by Crippen LogP contribution is 2.17. The summed E-state index contributed by atoms with van der Waals surface area (Å²) in [5.74, 6) is 0.288. The van der Waals surface area contributed by atoms with E-state index in [2.05, 4.69) is 20.5 Å². The SMILES string of the molecule is COC(=O)c1ccc(C)c(NCC(=O)Nc2cc(C)on2)c1. The topological polar surface area (TPSA) is 93.5 Å². The number of anilines is 2. The highest BCUT2D eigenvalue weighted by molar-refractivity contribution is 5.94. The van der Waals surface area contributed by atoms with Crippen LogP contribution >= 0.6 is 0 Å². The Morgan fingerprint density at radius 1 is 1.27 bits per heavy atom. The van der Waals surface area contributed by atoms with Gasteiger partial charge in [-0.3, -0.25) is 4.79 Å². The van der Waals surface area contributed by atoms with Crippen LogP contribution in [0, 0.1) is 13.8 Å². The number of esters is 1. The molecule has 0 spiro atoms. The third kappa shape index (κ3) is 3.85. The first-order chi connectivity index (χ1) is 10.5. The first kappa shape index (κ1) is 15.6. The lowest BCUT2D eigenvalue weighted by atomic mass is 10.1. The van der Waals surface area contributed by atoms with Crippen LogP contribution < -0.4 is 10.6 Å². The number of aryl methyl sites for hydroxylation is 2. The molecule has 0 aliphatic rings. The molecular formula is C15H17N3O4. The lowest BCUT2D eigenvalue weighted by Gasteiger charge is -2.10. The molecule has 116 valence electrons. The molecule has 1 aromatic carbocycles. The molecule has 1 amide bonds. The van der Waals surface area contributed by atoms with Crippen molar-refractivity contribution in [2.24, 2.45) is 0 Å². The average molecular weight is 303 g/mol. The normalized spacial score (nSPS) is 10.1. The molecule has 0 unspecified atom stereocenters. The molecule has 0 bridgehead atoms. The second-order valence-corrected chi connectivity index (χ2v) is 4.75. The maximum Gasteiger partial charge on any atom is 0.337 e. The van der Waals surface area contributed by atoms with Crippen LogP contribution in [0.3, 0.4) is 0 Å². The van der Waals surface area contributed by atoms with Crippen LogP contribution in [0.4, 0.5) is 11.5 Å². The summed E-state index contributed by atoms with van der Waals surface area (Å²) in [5, 5.41) is 9.26. The quantitative estimate of drug-likeness (QED) is 0.822. The maximum atomic E-state index is 11.8. The molecule has 7 nitrogen and oxygen atoms in total. The lowest BCUT2D eigenvalue weighted by molar-refractivity contribution is -0.114. The Morgan fingerprint density at radius 3 is 2.68 bits per heavy atom. The van der Waals surface area contributed by atoms with Crippen molar-refractivity contribution in [3.05, 3.63) is 41.2 Å². The highest BCUT2D eigenvalue weighted by Gasteiger charge is 2.10. The van der Waals surface area contributed by atoms with Crippen LogP contribution in [0.25, 0.3) is 0 Å². The van der Waals surface area contributed by atoms with Crippen molar-refractivity contribution in [3.63, 3.8) is 0 Å². The summed E-state index contributed by atoms with van der Waals surface area (Å²) in [5.41, 5.74) is 2.02. The lowest BCUT2D eigenvalue weighted by Crippen LogP contribution is -2.22. The summed E-state index contributed by atoms with van der Waals surface area (Å²) in [7, 11) is 1.32. The molecule has 0 atom stereocenters. The fraction of sp³-hybridized carbons (Fsp3) is 0.267. The van der Waals surface area contributed by atoms with Crippen molar-refractivity contribution >= 4 is 23.4 Å². The first-order valence-corrected chi connectivity index (χ1v) is 6.65. The number of rotatable bonds is 5. The van der Waals surface area contributed by atoms with Crippen molar-refractivity contribution in [1.29, 1.82) is 0 Å². The van der Waals surface area contributed by atoms with E-state index in [1.807, 2.05) is 6.92 Å². The molecule has 1 aromatic heterocycles. The number of hydrogen-bond donors (Lipinski definition) is 2. The molecule has 22 heavy (non-hydrogen) atoms. The smallest absolute Gasteiger partial charge is 0.337 e. The zero-order valence-electron chi connectivity index (χ0n) is 12.6. The van der Waals surface area contributed by atoms with Crippen LogP contribution in [0.15, 0.2) is 28.8 Å². The second-order valence-electron chi connectivity index (χ2n) is 4.75. The zero-order valence-corrected chi connectivity index (χ0v) is 12.6. The minimum absolute atomic E-state index is 0.0391. The van der Waals surface area contributed by atoms with Gasteiger partial charge in [0, 0.05) is 11.8 Å². The van der Waals surface area contributed by atoms with Gasteiger partial charge in [0.2, 0.25) is 5.91 Å². The van der Waals surface area contributed by atoms with E-state index >= 15 is 0 Å². The first-order valence-electron chi connectivity index (χ1n) is 6.65. The molecule has 2 aromatic rings. The predicted molar refractivity (Wildman–Crippen MR) is 80.9 cm³/mol. The van der Waals surface area contributed by atoms with Gasteiger partial charge in [0.25, 0.3) is 0 Å². The fourth-order valence-electron chi connectivity index (χ4n) is 1.85. The number of nitrogens with one attached hydrogen (secondary N) is 2. The standard InChI is InChI=1S/C15H17N3O4/c1-9-4-5-11(15(20)21-3)7-12(9)16-8-14(19)17-13-6-10(2)22-18-13/h4-7,16H,8H2,1-3H3,(H,17,18,19). The van der Waals surface area contributed by atoms with Crippen LogP contribution in [0.2, 0.25) is 0 Å². The number of carbonyl (C=O) groups excluding carboxylic acids is 2. The third-order valence-corrected chi connectivity index (χ3v) is 2.99. The minimum atomic E-state index is -0.425.